The molecule has 1 aromatic rings. The third kappa shape index (κ3) is 5.29. The highest BCUT2D eigenvalue weighted by atomic mass is 19.1. The van der Waals surface area contributed by atoms with E-state index in [4.69, 9.17) is 4.74 Å². The summed E-state index contributed by atoms with van der Waals surface area (Å²) < 4.78 is 18.8. The molecule has 4 nitrogen and oxygen atoms in total. The summed E-state index contributed by atoms with van der Waals surface area (Å²) in [5, 5.41) is 3.14. The fourth-order valence-electron chi connectivity index (χ4n) is 4.25. The number of ether oxygens (including phenoxy) is 1. The van der Waals surface area contributed by atoms with E-state index in [1.807, 2.05) is 0 Å². The van der Waals surface area contributed by atoms with E-state index in [-0.39, 0.29) is 11.7 Å². The summed E-state index contributed by atoms with van der Waals surface area (Å²) >= 11 is 0. The summed E-state index contributed by atoms with van der Waals surface area (Å²) in [6, 6.07) is 6.38. The number of hydrogen-bond donors (Lipinski definition) is 1. The minimum Gasteiger partial charge on any atom is -0.381 e. The van der Waals surface area contributed by atoms with Gasteiger partial charge in [-0.15, -0.1) is 0 Å². The first kappa shape index (κ1) is 20.3. The lowest BCUT2D eigenvalue weighted by Crippen LogP contribution is -2.48. The fourth-order valence-corrected chi connectivity index (χ4v) is 4.25. The van der Waals surface area contributed by atoms with Crippen molar-refractivity contribution in [1.82, 2.24) is 10.2 Å². The molecule has 150 valence electrons. The van der Waals surface area contributed by atoms with Crippen LogP contribution in [-0.2, 0) is 14.9 Å². The number of carbonyl (C=O) groups is 1. The summed E-state index contributed by atoms with van der Waals surface area (Å²) in [4.78, 5) is 15.6. The van der Waals surface area contributed by atoms with Crippen LogP contribution >= 0.6 is 0 Å². The Bertz CT molecular complexity index is 591. The number of amides is 1. The smallest absolute Gasteiger partial charge is 0.230 e. The summed E-state index contributed by atoms with van der Waals surface area (Å²) in [5.74, 6) is 0.653. The largest absolute Gasteiger partial charge is 0.381 e. The second kappa shape index (κ2) is 9.65. The first-order valence-electron chi connectivity index (χ1n) is 10.4. The highest BCUT2D eigenvalue weighted by Gasteiger charge is 2.41. The normalized spacial score (nSPS) is 21.1. The maximum Gasteiger partial charge on any atom is 0.230 e. The Morgan fingerprint density at radius 1 is 1.19 bits per heavy atom. The van der Waals surface area contributed by atoms with Crippen molar-refractivity contribution in [2.24, 2.45) is 5.92 Å². The molecular formula is C22H33FN2O2. The van der Waals surface area contributed by atoms with E-state index in [1.165, 1.54) is 38.1 Å². The van der Waals surface area contributed by atoms with Crippen LogP contribution in [0.25, 0.3) is 0 Å². The number of nitrogens with one attached hydrogen (secondary N) is 1. The van der Waals surface area contributed by atoms with E-state index >= 15 is 0 Å². The Labute approximate surface area is 162 Å². The third-order valence-corrected chi connectivity index (χ3v) is 6.24. The van der Waals surface area contributed by atoms with Crippen molar-refractivity contribution in [3.05, 3.63) is 35.6 Å². The molecule has 2 fully saturated rings. The Hall–Kier alpha value is -1.46. The van der Waals surface area contributed by atoms with E-state index < -0.39 is 5.41 Å². The van der Waals surface area contributed by atoms with Crippen LogP contribution in [0.2, 0.25) is 0 Å². The van der Waals surface area contributed by atoms with Crippen molar-refractivity contribution in [3.8, 4) is 0 Å². The van der Waals surface area contributed by atoms with E-state index in [1.54, 1.807) is 12.1 Å². The van der Waals surface area contributed by atoms with Gasteiger partial charge in [-0.05, 0) is 81.8 Å². The van der Waals surface area contributed by atoms with Gasteiger partial charge in [0.1, 0.15) is 5.82 Å². The molecule has 0 radical (unpaired) electrons. The van der Waals surface area contributed by atoms with Crippen molar-refractivity contribution in [1.29, 1.82) is 0 Å². The second-order valence-electron chi connectivity index (χ2n) is 8.19. The van der Waals surface area contributed by atoms with Crippen molar-refractivity contribution in [2.75, 3.05) is 39.4 Å². The van der Waals surface area contributed by atoms with Crippen LogP contribution in [-0.4, -0.2) is 50.2 Å². The minimum absolute atomic E-state index is 0.0594. The molecule has 2 aliphatic heterocycles. The SMILES string of the molecule is CC1CCN(CCCCNC(=O)C2(c3ccc(F)cc3)CCOCC2)CC1. The van der Waals surface area contributed by atoms with Crippen molar-refractivity contribution in [3.63, 3.8) is 0 Å². The number of unbranched alkanes of at least 4 members (excludes halogenated alkanes) is 1. The number of carbonyl (C=O) groups excluding carboxylic acids is 1. The third-order valence-electron chi connectivity index (χ3n) is 6.24. The maximum atomic E-state index is 13.3. The number of halogens is 1. The van der Waals surface area contributed by atoms with E-state index in [0.717, 1.165) is 30.9 Å². The molecule has 2 heterocycles. The molecule has 0 unspecified atom stereocenters. The van der Waals surface area contributed by atoms with Crippen LogP contribution in [0.15, 0.2) is 24.3 Å². The number of nitrogens with zero attached hydrogens (tertiary/aromatic N) is 1. The van der Waals surface area contributed by atoms with Crippen LogP contribution in [0, 0.1) is 11.7 Å². The first-order valence-corrected chi connectivity index (χ1v) is 10.4. The van der Waals surface area contributed by atoms with Crippen LogP contribution in [0.3, 0.4) is 0 Å². The molecule has 2 saturated heterocycles. The molecule has 0 saturated carbocycles. The Morgan fingerprint density at radius 3 is 2.52 bits per heavy atom. The standard InChI is InChI=1S/C22H33FN2O2/c1-18-8-14-25(15-9-18)13-3-2-12-24-21(26)22(10-16-27-17-11-22)19-4-6-20(23)7-5-19/h4-7,18H,2-3,8-17H2,1H3,(H,24,26). The van der Waals surface area contributed by atoms with E-state index in [0.29, 0.717) is 32.6 Å². The Balaban J connectivity index is 1.47. The molecule has 1 amide bonds. The zero-order valence-corrected chi connectivity index (χ0v) is 16.5. The Kier molecular flexibility index (Phi) is 7.25. The molecule has 2 aliphatic rings. The monoisotopic (exact) mass is 376 g/mol. The molecule has 1 N–H and O–H groups in total. The topological polar surface area (TPSA) is 41.6 Å². The van der Waals surface area contributed by atoms with Gasteiger partial charge in [0.2, 0.25) is 5.91 Å². The van der Waals surface area contributed by atoms with Crippen LogP contribution in [0.4, 0.5) is 4.39 Å². The van der Waals surface area contributed by atoms with Gasteiger partial charge in [-0.1, -0.05) is 19.1 Å². The van der Waals surface area contributed by atoms with Crippen LogP contribution < -0.4 is 5.32 Å². The minimum atomic E-state index is -0.588. The predicted octanol–water partition coefficient (Wildman–Crippen LogP) is 3.50. The molecule has 5 heteroatoms. The van der Waals surface area contributed by atoms with Gasteiger partial charge in [0.15, 0.2) is 0 Å². The summed E-state index contributed by atoms with van der Waals surface area (Å²) in [6.07, 6.45) is 6.01. The summed E-state index contributed by atoms with van der Waals surface area (Å²) in [6.45, 7) is 7.71. The van der Waals surface area contributed by atoms with Gasteiger partial charge >= 0.3 is 0 Å². The zero-order valence-electron chi connectivity index (χ0n) is 16.5. The van der Waals surface area contributed by atoms with Gasteiger partial charge in [0.05, 0.1) is 5.41 Å². The molecular weight excluding hydrogens is 343 g/mol. The van der Waals surface area contributed by atoms with Gasteiger partial charge in [-0.25, -0.2) is 4.39 Å². The highest BCUT2D eigenvalue weighted by Crippen LogP contribution is 2.35. The number of piperidine rings is 1. The predicted molar refractivity (Wildman–Crippen MR) is 105 cm³/mol. The summed E-state index contributed by atoms with van der Waals surface area (Å²) in [7, 11) is 0. The molecule has 3 rings (SSSR count). The number of likely N-dealkylation sites (tertiary alicyclic amines) is 1. The van der Waals surface area contributed by atoms with Crippen molar-refractivity contribution >= 4 is 5.91 Å². The Morgan fingerprint density at radius 2 is 1.85 bits per heavy atom. The quantitative estimate of drug-likeness (QED) is 0.741. The van der Waals surface area contributed by atoms with Gasteiger partial charge in [0.25, 0.3) is 0 Å². The van der Waals surface area contributed by atoms with E-state index in [2.05, 4.69) is 17.1 Å². The van der Waals surface area contributed by atoms with Gasteiger partial charge in [-0.3, -0.25) is 4.79 Å². The molecule has 0 spiro atoms. The van der Waals surface area contributed by atoms with Crippen LogP contribution in [0.5, 0.6) is 0 Å². The fraction of sp³-hybridized carbons (Fsp3) is 0.682. The van der Waals surface area contributed by atoms with Gasteiger partial charge in [-0.2, -0.15) is 0 Å². The molecule has 0 bridgehead atoms. The van der Waals surface area contributed by atoms with E-state index in [9.17, 15) is 9.18 Å². The van der Waals surface area contributed by atoms with Crippen LogP contribution in [0.1, 0.15) is 51.0 Å². The molecule has 0 aliphatic carbocycles. The molecule has 0 atom stereocenters. The average molecular weight is 377 g/mol. The number of rotatable bonds is 7. The second-order valence-corrected chi connectivity index (χ2v) is 8.19. The lowest BCUT2D eigenvalue weighted by atomic mass is 9.73. The zero-order chi connectivity index (χ0) is 19.1. The average Bonchev–Trinajstić information content (AvgIpc) is 2.70. The molecule has 27 heavy (non-hydrogen) atoms. The highest BCUT2D eigenvalue weighted by molar-refractivity contribution is 5.88. The van der Waals surface area contributed by atoms with Gasteiger partial charge < -0.3 is 15.0 Å². The lowest BCUT2D eigenvalue weighted by Gasteiger charge is -2.36. The lowest BCUT2D eigenvalue weighted by molar-refractivity contribution is -0.130. The number of benzene rings is 1. The summed E-state index contributed by atoms with van der Waals surface area (Å²) in [5.41, 5.74) is 0.307. The molecule has 0 aromatic heterocycles. The molecule has 1 aromatic carbocycles. The van der Waals surface area contributed by atoms with Crippen molar-refractivity contribution < 1.29 is 13.9 Å². The van der Waals surface area contributed by atoms with Crippen molar-refractivity contribution in [2.45, 2.75) is 50.9 Å². The maximum absolute atomic E-state index is 13.3. The van der Waals surface area contributed by atoms with Gasteiger partial charge in [0, 0.05) is 19.8 Å². The first-order chi connectivity index (χ1) is 13.1. The number of hydrogen-bond acceptors (Lipinski definition) is 3.